The van der Waals surface area contributed by atoms with Crippen LogP contribution in [-0.4, -0.2) is 44.6 Å². The van der Waals surface area contributed by atoms with Crippen molar-refractivity contribution < 1.29 is 27.9 Å². The summed E-state index contributed by atoms with van der Waals surface area (Å²) in [6.07, 6.45) is 1.37. The average Bonchev–Trinajstić information content (AvgIpc) is 3.32. The fourth-order valence-corrected chi connectivity index (χ4v) is 3.88. The van der Waals surface area contributed by atoms with Crippen molar-refractivity contribution in [3.8, 4) is 5.88 Å². The number of nitrogens with one attached hydrogen (secondary N) is 2. The summed E-state index contributed by atoms with van der Waals surface area (Å²) < 4.78 is 39.0. The first-order valence-electron chi connectivity index (χ1n) is 10.1. The highest BCUT2D eigenvalue weighted by Gasteiger charge is 2.34. The number of carbonyl (C=O) groups excluding carboxylic acids is 2. The van der Waals surface area contributed by atoms with E-state index in [9.17, 15) is 27.9 Å². The van der Waals surface area contributed by atoms with Gasteiger partial charge in [-0.1, -0.05) is 11.6 Å². The fourth-order valence-electron chi connectivity index (χ4n) is 2.85. The van der Waals surface area contributed by atoms with Crippen molar-refractivity contribution in [3.63, 3.8) is 0 Å². The molecule has 3 N–H and O–H groups in total. The molecule has 0 bridgehead atoms. The standard InChI is InChI=1S/C22H18ClF3N6O3S/c1-11(31-18(33)6-5-15(27-2)12-4-3-7-28-19(12)34)21-30-10-16(36-21)20(35)32-17-8-13(22(24,25)26)14(23)9-29-17/h3-11H,1-2H3,(H,28,34)(H,31,33)(H,29,32,35)/b6-5+,27-15+. The molecular formula is C22H18ClF3N6O3S. The minimum absolute atomic E-state index is 0.0967. The minimum Gasteiger partial charge on any atom is -0.493 e. The van der Waals surface area contributed by atoms with Gasteiger partial charge in [-0.3, -0.25) is 14.6 Å². The van der Waals surface area contributed by atoms with E-state index in [1.807, 2.05) is 0 Å². The number of anilines is 1. The smallest absolute Gasteiger partial charge is 0.418 e. The largest absolute Gasteiger partial charge is 0.493 e. The maximum atomic E-state index is 13.0. The van der Waals surface area contributed by atoms with Crippen molar-refractivity contribution in [1.29, 1.82) is 0 Å². The molecule has 3 rings (SSSR count). The molecule has 0 spiro atoms. The second kappa shape index (κ2) is 11.3. The van der Waals surface area contributed by atoms with Crippen molar-refractivity contribution in [2.45, 2.75) is 19.1 Å². The normalized spacial score (nSPS) is 13.0. The SMILES string of the molecule is C/N=C(\C=C\C(=O)NC(C)c1ncc(C(=O)Nc2cc(C(F)(F)F)c(Cl)cn2)s1)c1cccnc1O. The lowest BCUT2D eigenvalue weighted by Crippen LogP contribution is -2.24. The lowest BCUT2D eigenvalue weighted by Gasteiger charge is -2.10. The number of amides is 2. The molecule has 0 saturated carbocycles. The van der Waals surface area contributed by atoms with Gasteiger partial charge in [0.15, 0.2) is 0 Å². The Bertz CT molecular complexity index is 1340. The first-order chi connectivity index (χ1) is 17.0. The maximum Gasteiger partial charge on any atom is 0.418 e. The molecule has 0 aliphatic rings. The third-order valence-electron chi connectivity index (χ3n) is 4.58. The number of hydrogen-bond donors (Lipinski definition) is 3. The van der Waals surface area contributed by atoms with Gasteiger partial charge < -0.3 is 15.7 Å². The number of alkyl halides is 3. The van der Waals surface area contributed by atoms with Gasteiger partial charge in [-0.2, -0.15) is 13.2 Å². The van der Waals surface area contributed by atoms with Crippen LogP contribution in [-0.2, 0) is 11.0 Å². The van der Waals surface area contributed by atoms with Crippen LogP contribution in [0.5, 0.6) is 5.88 Å². The second-order valence-electron chi connectivity index (χ2n) is 7.11. The van der Waals surface area contributed by atoms with Crippen LogP contribution in [0.4, 0.5) is 19.0 Å². The molecule has 0 aliphatic heterocycles. The van der Waals surface area contributed by atoms with Crippen LogP contribution < -0.4 is 10.6 Å². The summed E-state index contributed by atoms with van der Waals surface area (Å²) in [5, 5.41) is 14.6. The number of allylic oxidation sites excluding steroid dienone is 1. The Morgan fingerprint density at radius 2 is 1.97 bits per heavy atom. The maximum absolute atomic E-state index is 13.0. The summed E-state index contributed by atoms with van der Waals surface area (Å²) in [6, 6.07) is 3.26. The molecule has 9 nitrogen and oxygen atoms in total. The predicted molar refractivity (Wildman–Crippen MR) is 128 cm³/mol. The summed E-state index contributed by atoms with van der Waals surface area (Å²) in [6.45, 7) is 1.64. The van der Waals surface area contributed by atoms with E-state index in [0.29, 0.717) is 22.3 Å². The Morgan fingerprint density at radius 3 is 2.64 bits per heavy atom. The van der Waals surface area contributed by atoms with E-state index in [0.717, 1.165) is 17.5 Å². The monoisotopic (exact) mass is 538 g/mol. The van der Waals surface area contributed by atoms with Crippen molar-refractivity contribution in [3.05, 3.63) is 75.0 Å². The highest BCUT2D eigenvalue weighted by atomic mass is 35.5. The molecule has 36 heavy (non-hydrogen) atoms. The van der Waals surface area contributed by atoms with Crippen molar-refractivity contribution in [2.75, 3.05) is 12.4 Å². The number of pyridine rings is 2. The number of aromatic hydroxyl groups is 1. The van der Waals surface area contributed by atoms with Crippen LogP contribution in [0.1, 0.15) is 38.8 Å². The highest BCUT2D eigenvalue weighted by molar-refractivity contribution is 7.13. The number of nitrogens with zero attached hydrogens (tertiary/aromatic N) is 4. The van der Waals surface area contributed by atoms with E-state index in [2.05, 4.69) is 30.6 Å². The van der Waals surface area contributed by atoms with Crippen LogP contribution in [0.25, 0.3) is 0 Å². The zero-order chi connectivity index (χ0) is 26.5. The van der Waals surface area contributed by atoms with Crippen molar-refractivity contribution >= 4 is 46.3 Å². The zero-order valence-corrected chi connectivity index (χ0v) is 20.2. The highest BCUT2D eigenvalue weighted by Crippen LogP contribution is 2.35. The Hall–Kier alpha value is -3.84. The summed E-state index contributed by atoms with van der Waals surface area (Å²) in [5.74, 6) is -1.77. The van der Waals surface area contributed by atoms with Crippen LogP contribution in [0.3, 0.4) is 0 Å². The van der Waals surface area contributed by atoms with Gasteiger partial charge in [0, 0.05) is 25.5 Å². The van der Waals surface area contributed by atoms with Crippen LogP contribution in [0, 0.1) is 0 Å². The Kier molecular flexibility index (Phi) is 8.37. The number of carbonyl (C=O) groups is 2. The van der Waals surface area contributed by atoms with Gasteiger partial charge >= 0.3 is 6.18 Å². The minimum atomic E-state index is -4.71. The van der Waals surface area contributed by atoms with Gasteiger partial charge in [-0.05, 0) is 31.2 Å². The molecule has 1 unspecified atom stereocenters. The van der Waals surface area contributed by atoms with Gasteiger partial charge in [-0.15, -0.1) is 11.3 Å². The molecule has 3 heterocycles. The van der Waals surface area contributed by atoms with E-state index in [4.69, 9.17) is 11.6 Å². The number of hydrogen-bond acceptors (Lipinski definition) is 8. The number of halogens is 4. The number of thiazole rings is 1. The van der Waals surface area contributed by atoms with Gasteiger partial charge in [0.1, 0.15) is 15.7 Å². The summed E-state index contributed by atoms with van der Waals surface area (Å²) in [7, 11) is 1.50. The first-order valence-corrected chi connectivity index (χ1v) is 11.3. The number of aliphatic imine (C=N–C) groups is 1. The molecule has 3 aromatic heterocycles. The van der Waals surface area contributed by atoms with Gasteiger partial charge in [-0.25, -0.2) is 15.0 Å². The molecule has 0 aromatic carbocycles. The Labute approximate surface area is 211 Å². The predicted octanol–water partition coefficient (Wildman–Crippen LogP) is 4.42. The quantitative estimate of drug-likeness (QED) is 0.302. The third-order valence-corrected chi connectivity index (χ3v) is 6.06. The molecule has 2 amide bonds. The number of rotatable bonds is 7. The van der Waals surface area contributed by atoms with Crippen LogP contribution in [0.15, 0.2) is 53.9 Å². The van der Waals surface area contributed by atoms with E-state index >= 15 is 0 Å². The molecule has 0 aliphatic carbocycles. The summed E-state index contributed by atoms with van der Waals surface area (Å²) in [5.41, 5.74) is -0.440. The fraction of sp³-hybridized carbons (Fsp3) is 0.182. The Balaban J connectivity index is 1.64. The van der Waals surface area contributed by atoms with E-state index < -0.39 is 34.6 Å². The van der Waals surface area contributed by atoms with Crippen LogP contribution in [0.2, 0.25) is 5.02 Å². The molecule has 1 atom stereocenters. The molecular weight excluding hydrogens is 521 g/mol. The second-order valence-corrected chi connectivity index (χ2v) is 8.58. The van der Waals surface area contributed by atoms with Gasteiger partial charge in [0.25, 0.3) is 5.91 Å². The number of aromatic nitrogens is 3. The Morgan fingerprint density at radius 1 is 1.22 bits per heavy atom. The summed E-state index contributed by atoms with van der Waals surface area (Å²) >= 11 is 6.49. The third kappa shape index (κ3) is 6.64. The van der Waals surface area contributed by atoms with E-state index in [1.165, 1.54) is 31.6 Å². The van der Waals surface area contributed by atoms with E-state index in [1.54, 1.807) is 19.1 Å². The molecule has 0 radical (unpaired) electrons. The van der Waals surface area contributed by atoms with Crippen molar-refractivity contribution in [2.24, 2.45) is 4.99 Å². The molecule has 3 aromatic rings. The zero-order valence-electron chi connectivity index (χ0n) is 18.7. The van der Waals surface area contributed by atoms with Gasteiger partial charge in [0.2, 0.25) is 11.8 Å². The topological polar surface area (TPSA) is 129 Å². The average molecular weight is 539 g/mol. The molecule has 0 saturated heterocycles. The first kappa shape index (κ1) is 26.8. The molecule has 188 valence electrons. The summed E-state index contributed by atoms with van der Waals surface area (Å²) in [4.78, 5) is 40.5. The van der Waals surface area contributed by atoms with Gasteiger partial charge in [0.05, 0.1) is 34.1 Å². The lowest BCUT2D eigenvalue weighted by atomic mass is 10.1. The van der Waals surface area contributed by atoms with E-state index in [-0.39, 0.29) is 16.6 Å². The van der Waals surface area contributed by atoms with Crippen LogP contribution >= 0.6 is 22.9 Å². The van der Waals surface area contributed by atoms with Crippen molar-refractivity contribution in [1.82, 2.24) is 20.3 Å². The molecule has 0 fully saturated rings. The lowest BCUT2D eigenvalue weighted by molar-refractivity contribution is -0.137. The molecule has 14 heteroatoms.